The molecule has 0 aromatic heterocycles. The monoisotopic (exact) mass is 170 g/mol. The summed E-state index contributed by atoms with van der Waals surface area (Å²) in [4.78, 5) is 0. The van der Waals surface area contributed by atoms with Crippen molar-refractivity contribution in [2.75, 3.05) is 13.1 Å². The van der Waals surface area contributed by atoms with Gasteiger partial charge in [-0.25, -0.2) is 0 Å². The Balaban J connectivity index is 2.47. The minimum absolute atomic E-state index is 0.268. The first kappa shape index (κ1) is 10.0. The van der Waals surface area contributed by atoms with Crippen LogP contribution in [0.25, 0.3) is 0 Å². The van der Waals surface area contributed by atoms with Crippen molar-refractivity contribution < 1.29 is 0 Å². The Hall–Kier alpha value is -0.0800. The highest BCUT2D eigenvalue weighted by molar-refractivity contribution is 4.86. The fourth-order valence-electron chi connectivity index (χ4n) is 1.84. The maximum absolute atomic E-state index is 5.75. The Labute approximate surface area is 75.9 Å². The van der Waals surface area contributed by atoms with Crippen LogP contribution in [0, 0.1) is 5.41 Å². The fraction of sp³-hybridized carbons (Fsp3) is 1.00. The van der Waals surface area contributed by atoms with Gasteiger partial charge >= 0.3 is 0 Å². The molecule has 12 heavy (non-hydrogen) atoms. The molecule has 1 saturated heterocycles. The molecule has 0 saturated carbocycles. The predicted octanol–water partition coefficient (Wildman–Crippen LogP) is 1.50. The molecular formula is C10H22N2. The van der Waals surface area contributed by atoms with Crippen LogP contribution >= 0.6 is 0 Å². The second-order valence-electron chi connectivity index (χ2n) is 4.55. The molecule has 0 aliphatic carbocycles. The van der Waals surface area contributed by atoms with Crippen LogP contribution in [0.4, 0.5) is 0 Å². The second kappa shape index (κ2) is 4.24. The number of nitrogens with two attached hydrogens (primary N) is 1. The van der Waals surface area contributed by atoms with E-state index in [4.69, 9.17) is 5.73 Å². The van der Waals surface area contributed by atoms with Crippen LogP contribution < -0.4 is 11.1 Å². The van der Waals surface area contributed by atoms with Gasteiger partial charge in [0.25, 0.3) is 0 Å². The van der Waals surface area contributed by atoms with E-state index in [-0.39, 0.29) is 5.41 Å². The SMILES string of the molecule is CC(C)(CN)C1CCCCCN1. The van der Waals surface area contributed by atoms with Gasteiger partial charge in [0.1, 0.15) is 0 Å². The van der Waals surface area contributed by atoms with Crippen LogP contribution in [0.1, 0.15) is 39.5 Å². The van der Waals surface area contributed by atoms with E-state index in [1.165, 1.54) is 32.2 Å². The molecule has 1 aliphatic rings. The van der Waals surface area contributed by atoms with E-state index in [1.807, 2.05) is 0 Å². The highest BCUT2D eigenvalue weighted by atomic mass is 14.9. The zero-order chi connectivity index (χ0) is 9.03. The molecule has 0 aromatic carbocycles. The lowest BCUT2D eigenvalue weighted by molar-refractivity contribution is 0.245. The maximum atomic E-state index is 5.75. The smallest absolute Gasteiger partial charge is 0.0130 e. The van der Waals surface area contributed by atoms with Crippen LogP contribution in [0.3, 0.4) is 0 Å². The molecule has 1 aliphatic heterocycles. The van der Waals surface area contributed by atoms with Crippen LogP contribution in [-0.2, 0) is 0 Å². The lowest BCUT2D eigenvalue weighted by atomic mass is 9.82. The Morgan fingerprint density at radius 1 is 1.33 bits per heavy atom. The molecule has 0 radical (unpaired) electrons. The molecule has 0 bridgehead atoms. The van der Waals surface area contributed by atoms with E-state index in [0.29, 0.717) is 6.04 Å². The molecule has 3 N–H and O–H groups in total. The third kappa shape index (κ3) is 2.46. The molecule has 1 fully saturated rings. The fourth-order valence-corrected chi connectivity index (χ4v) is 1.84. The lowest BCUT2D eigenvalue weighted by Crippen LogP contribution is -2.45. The van der Waals surface area contributed by atoms with Gasteiger partial charge in [-0.1, -0.05) is 26.7 Å². The van der Waals surface area contributed by atoms with E-state index in [0.717, 1.165) is 6.54 Å². The van der Waals surface area contributed by atoms with E-state index in [2.05, 4.69) is 19.2 Å². The van der Waals surface area contributed by atoms with Gasteiger partial charge in [0.15, 0.2) is 0 Å². The van der Waals surface area contributed by atoms with Gasteiger partial charge in [-0.05, 0) is 31.3 Å². The average molecular weight is 170 g/mol. The van der Waals surface area contributed by atoms with Gasteiger partial charge in [-0.15, -0.1) is 0 Å². The summed E-state index contributed by atoms with van der Waals surface area (Å²) in [5, 5.41) is 3.59. The highest BCUT2D eigenvalue weighted by Gasteiger charge is 2.27. The lowest BCUT2D eigenvalue weighted by Gasteiger charge is -2.33. The van der Waals surface area contributed by atoms with Crippen molar-refractivity contribution in [1.29, 1.82) is 0 Å². The van der Waals surface area contributed by atoms with Crippen molar-refractivity contribution in [3.63, 3.8) is 0 Å². The summed E-state index contributed by atoms with van der Waals surface area (Å²) in [6.45, 7) is 6.48. The van der Waals surface area contributed by atoms with E-state index in [1.54, 1.807) is 0 Å². The molecule has 1 heterocycles. The first-order valence-corrected chi connectivity index (χ1v) is 5.10. The maximum Gasteiger partial charge on any atom is 0.0130 e. The van der Waals surface area contributed by atoms with Gasteiger partial charge < -0.3 is 11.1 Å². The Morgan fingerprint density at radius 2 is 2.08 bits per heavy atom. The molecule has 2 nitrogen and oxygen atoms in total. The molecule has 0 aromatic rings. The number of rotatable bonds is 2. The Bertz CT molecular complexity index is 124. The van der Waals surface area contributed by atoms with Gasteiger partial charge in [0.2, 0.25) is 0 Å². The van der Waals surface area contributed by atoms with Gasteiger partial charge in [0.05, 0.1) is 0 Å². The zero-order valence-corrected chi connectivity index (χ0v) is 8.40. The quantitative estimate of drug-likeness (QED) is 0.659. The number of hydrogen-bond donors (Lipinski definition) is 2. The standard InChI is InChI=1S/C10H22N2/c1-10(2,8-11)9-6-4-3-5-7-12-9/h9,12H,3-8,11H2,1-2H3. The van der Waals surface area contributed by atoms with Crippen molar-refractivity contribution in [3.8, 4) is 0 Å². The minimum Gasteiger partial charge on any atom is -0.330 e. The minimum atomic E-state index is 0.268. The molecule has 2 heteroatoms. The summed E-state index contributed by atoms with van der Waals surface area (Å²) >= 11 is 0. The average Bonchev–Trinajstić information content (AvgIpc) is 2.32. The van der Waals surface area contributed by atoms with Gasteiger partial charge in [-0.2, -0.15) is 0 Å². The first-order chi connectivity index (χ1) is 5.67. The third-order valence-corrected chi connectivity index (χ3v) is 3.03. The summed E-state index contributed by atoms with van der Waals surface area (Å²) in [6, 6.07) is 0.630. The zero-order valence-electron chi connectivity index (χ0n) is 8.40. The van der Waals surface area contributed by atoms with Crippen LogP contribution in [0.15, 0.2) is 0 Å². The Kier molecular flexibility index (Phi) is 3.53. The van der Waals surface area contributed by atoms with E-state index in [9.17, 15) is 0 Å². The topological polar surface area (TPSA) is 38.0 Å². The molecular weight excluding hydrogens is 148 g/mol. The van der Waals surface area contributed by atoms with Crippen LogP contribution in [0.2, 0.25) is 0 Å². The molecule has 72 valence electrons. The summed E-state index contributed by atoms with van der Waals surface area (Å²) < 4.78 is 0. The molecule has 1 rings (SSSR count). The Morgan fingerprint density at radius 3 is 2.75 bits per heavy atom. The summed E-state index contributed by atoms with van der Waals surface area (Å²) in [5.41, 5.74) is 6.02. The molecule has 0 amide bonds. The molecule has 0 spiro atoms. The van der Waals surface area contributed by atoms with Crippen LogP contribution in [0.5, 0.6) is 0 Å². The van der Waals surface area contributed by atoms with Gasteiger partial charge in [-0.3, -0.25) is 0 Å². The molecule has 1 unspecified atom stereocenters. The second-order valence-corrected chi connectivity index (χ2v) is 4.55. The van der Waals surface area contributed by atoms with Crippen molar-refractivity contribution >= 4 is 0 Å². The van der Waals surface area contributed by atoms with E-state index >= 15 is 0 Å². The van der Waals surface area contributed by atoms with Crippen molar-refractivity contribution in [1.82, 2.24) is 5.32 Å². The van der Waals surface area contributed by atoms with E-state index < -0.39 is 0 Å². The first-order valence-electron chi connectivity index (χ1n) is 5.10. The number of hydrogen-bond acceptors (Lipinski definition) is 2. The third-order valence-electron chi connectivity index (χ3n) is 3.03. The van der Waals surface area contributed by atoms with Crippen LogP contribution in [-0.4, -0.2) is 19.1 Å². The highest BCUT2D eigenvalue weighted by Crippen LogP contribution is 2.24. The number of nitrogens with one attached hydrogen (secondary N) is 1. The normalized spacial score (nSPS) is 26.8. The largest absolute Gasteiger partial charge is 0.330 e. The summed E-state index contributed by atoms with van der Waals surface area (Å²) in [5.74, 6) is 0. The van der Waals surface area contributed by atoms with Crippen molar-refractivity contribution in [2.45, 2.75) is 45.6 Å². The summed E-state index contributed by atoms with van der Waals surface area (Å²) in [6.07, 6.45) is 5.37. The van der Waals surface area contributed by atoms with Crippen molar-refractivity contribution in [3.05, 3.63) is 0 Å². The predicted molar refractivity (Wildman–Crippen MR) is 53.1 cm³/mol. The summed E-state index contributed by atoms with van der Waals surface area (Å²) in [7, 11) is 0. The van der Waals surface area contributed by atoms with Crippen molar-refractivity contribution in [2.24, 2.45) is 11.1 Å². The van der Waals surface area contributed by atoms with Gasteiger partial charge in [0, 0.05) is 6.04 Å². The molecule has 1 atom stereocenters.